The first-order valence-corrected chi connectivity index (χ1v) is 7.93. The summed E-state index contributed by atoms with van der Waals surface area (Å²) in [6.07, 6.45) is 2.23. The van der Waals surface area contributed by atoms with Crippen LogP contribution in [0.15, 0.2) is 24.3 Å². The number of rotatable bonds is 5. The summed E-state index contributed by atoms with van der Waals surface area (Å²) < 4.78 is 5.08. The number of primary amides is 1. The molecule has 7 nitrogen and oxygen atoms in total. The molecule has 0 unspecified atom stereocenters. The summed E-state index contributed by atoms with van der Waals surface area (Å²) in [5.41, 5.74) is 6.67. The summed E-state index contributed by atoms with van der Waals surface area (Å²) in [5, 5.41) is 0. The zero-order valence-corrected chi connectivity index (χ0v) is 14.0. The Labute approximate surface area is 141 Å². The normalized spacial score (nSPS) is 17.2. The molecule has 0 bridgehead atoms. The maximum Gasteiger partial charge on any atom is 0.338 e. The second-order valence-corrected chi connectivity index (χ2v) is 6.02. The molecule has 1 aromatic carbocycles. The van der Waals surface area contributed by atoms with Gasteiger partial charge in [0.15, 0.2) is 6.61 Å². The lowest BCUT2D eigenvalue weighted by molar-refractivity contribution is -0.143. The van der Waals surface area contributed by atoms with Crippen molar-refractivity contribution in [3.63, 3.8) is 0 Å². The first-order chi connectivity index (χ1) is 11.4. The van der Waals surface area contributed by atoms with Crippen LogP contribution in [-0.2, 0) is 14.3 Å². The second-order valence-electron chi connectivity index (χ2n) is 6.02. The van der Waals surface area contributed by atoms with Gasteiger partial charge in [-0.2, -0.15) is 0 Å². The molecular weight excluding hydrogens is 310 g/mol. The maximum absolute atomic E-state index is 12.2. The Kier molecular flexibility index (Phi) is 5.78. The van der Waals surface area contributed by atoms with Crippen molar-refractivity contribution in [1.82, 2.24) is 4.90 Å². The van der Waals surface area contributed by atoms with E-state index in [1.807, 2.05) is 19.0 Å². The summed E-state index contributed by atoms with van der Waals surface area (Å²) in [6.45, 7) is 0.0690. The number of hydrogen-bond donors (Lipinski definition) is 1. The smallest absolute Gasteiger partial charge is 0.338 e. The Bertz CT molecular complexity index is 613. The van der Waals surface area contributed by atoms with E-state index in [9.17, 15) is 14.4 Å². The van der Waals surface area contributed by atoms with Gasteiger partial charge in [0.25, 0.3) is 5.91 Å². The lowest BCUT2D eigenvalue weighted by atomic mass is 10.0. The SMILES string of the molecule is CN(C)c1ccc(C(=O)OCC(=O)N2CCCC[C@H]2C(N)=O)cc1. The molecule has 1 aliphatic rings. The molecule has 1 saturated heterocycles. The van der Waals surface area contributed by atoms with E-state index in [1.54, 1.807) is 24.3 Å². The van der Waals surface area contributed by atoms with E-state index >= 15 is 0 Å². The van der Waals surface area contributed by atoms with Crippen molar-refractivity contribution in [3.8, 4) is 0 Å². The van der Waals surface area contributed by atoms with E-state index in [4.69, 9.17) is 10.5 Å². The third-order valence-corrected chi connectivity index (χ3v) is 4.10. The molecule has 1 aromatic rings. The fourth-order valence-corrected chi connectivity index (χ4v) is 2.72. The number of likely N-dealkylation sites (tertiary alicyclic amines) is 1. The fraction of sp³-hybridized carbons (Fsp3) is 0.471. The van der Waals surface area contributed by atoms with E-state index in [0.29, 0.717) is 18.5 Å². The van der Waals surface area contributed by atoms with Crippen molar-refractivity contribution in [3.05, 3.63) is 29.8 Å². The molecule has 0 radical (unpaired) electrons. The number of nitrogens with zero attached hydrogens (tertiary/aromatic N) is 2. The molecule has 1 heterocycles. The monoisotopic (exact) mass is 333 g/mol. The highest BCUT2D eigenvalue weighted by Crippen LogP contribution is 2.17. The van der Waals surface area contributed by atoms with Crippen LogP contribution >= 0.6 is 0 Å². The Morgan fingerprint density at radius 3 is 2.46 bits per heavy atom. The van der Waals surface area contributed by atoms with Gasteiger partial charge in [-0.1, -0.05) is 0 Å². The molecule has 2 rings (SSSR count). The number of ether oxygens (including phenoxy) is 1. The van der Waals surface area contributed by atoms with Gasteiger partial charge in [-0.25, -0.2) is 4.79 Å². The van der Waals surface area contributed by atoms with Crippen LogP contribution < -0.4 is 10.6 Å². The van der Waals surface area contributed by atoms with E-state index in [-0.39, 0.29) is 0 Å². The predicted molar refractivity (Wildman–Crippen MR) is 89.6 cm³/mol. The van der Waals surface area contributed by atoms with Gasteiger partial charge in [0, 0.05) is 26.3 Å². The van der Waals surface area contributed by atoms with Crippen molar-refractivity contribution in [2.75, 3.05) is 32.1 Å². The molecule has 1 fully saturated rings. The molecule has 1 aliphatic heterocycles. The molecule has 0 aromatic heterocycles. The van der Waals surface area contributed by atoms with E-state index in [0.717, 1.165) is 18.5 Å². The fourth-order valence-electron chi connectivity index (χ4n) is 2.72. The number of benzene rings is 1. The first-order valence-electron chi connectivity index (χ1n) is 7.93. The number of nitrogens with two attached hydrogens (primary N) is 1. The van der Waals surface area contributed by atoms with Gasteiger partial charge >= 0.3 is 5.97 Å². The molecule has 1 atom stereocenters. The first kappa shape index (κ1) is 17.8. The molecule has 24 heavy (non-hydrogen) atoms. The number of carbonyl (C=O) groups excluding carboxylic acids is 3. The summed E-state index contributed by atoms with van der Waals surface area (Å²) >= 11 is 0. The Hall–Kier alpha value is -2.57. The van der Waals surface area contributed by atoms with Crippen LogP contribution in [0, 0.1) is 0 Å². The van der Waals surface area contributed by atoms with Crippen LogP contribution in [0.1, 0.15) is 29.6 Å². The topological polar surface area (TPSA) is 92.9 Å². The van der Waals surface area contributed by atoms with Crippen LogP contribution in [0.4, 0.5) is 5.69 Å². The van der Waals surface area contributed by atoms with Crippen molar-refractivity contribution in [2.24, 2.45) is 5.73 Å². The van der Waals surface area contributed by atoms with Gasteiger partial charge in [-0.3, -0.25) is 9.59 Å². The van der Waals surface area contributed by atoms with Gasteiger partial charge in [0.05, 0.1) is 5.56 Å². The molecule has 0 saturated carbocycles. The number of piperidine rings is 1. The highest BCUT2D eigenvalue weighted by atomic mass is 16.5. The predicted octanol–water partition coefficient (Wildman–Crippen LogP) is 0.776. The third kappa shape index (κ3) is 4.24. The molecule has 0 aliphatic carbocycles. The maximum atomic E-state index is 12.2. The Balaban J connectivity index is 1.92. The minimum absolute atomic E-state index is 0.374. The number of carbonyl (C=O) groups is 3. The molecule has 130 valence electrons. The quantitative estimate of drug-likeness (QED) is 0.804. The van der Waals surface area contributed by atoms with Crippen LogP contribution in [0.3, 0.4) is 0 Å². The average Bonchev–Trinajstić information content (AvgIpc) is 2.59. The van der Waals surface area contributed by atoms with E-state index in [2.05, 4.69) is 0 Å². The van der Waals surface area contributed by atoms with Crippen LogP contribution in [0.5, 0.6) is 0 Å². The minimum atomic E-state index is -0.607. The van der Waals surface area contributed by atoms with E-state index < -0.39 is 30.4 Å². The van der Waals surface area contributed by atoms with Crippen LogP contribution in [0.2, 0.25) is 0 Å². The zero-order valence-electron chi connectivity index (χ0n) is 14.0. The van der Waals surface area contributed by atoms with Gasteiger partial charge in [0.2, 0.25) is 5.91 Å². The Morgan fingerprint density at radius 2 is 1.88 bits per heavy atom. The van der Waals surface area contributed by atoms with Crippen molar-refractivity contribution >= 4 is 23.5 Å². The summed E-state index contributed by atoms with van der Waals surface area (Å²) in [6, 6.07) is 6.28. The molecular formula is C17H23N3O4. The second kappa shape index (κ2) is 7.81. The largest absolute Gasteiger partial charge is 0.452 e. The zero-order chi connectivity index (χ0) is 17.7. The molecule has 7 heteroatoms. The van der Waals surface area contributed by atoms with Gasteiger partial charge in [-0.05, 0) is 43.5 Å². The van der Waals surface area contributed by atoms with Crippen molar-refractivity contribution in [1.29, 1.82) is 0 Å². The highest BCUT2D eigenvalue weighted by molar-refractivity contribution is 5.92. The molecule has 2 amide bonds. The minimum Gasteiger partial charge on any atom is -0.452 e. The lowest BCUT2D eigenvalue weighted by Gasteiger charge is -2.33. The summed E-state index contributed by atoms with van der Waals surface area (Å²) in [5.74, 6) is -1.48. The molecule has 2 N–H and O–H groups in total. The lowest BCUT2D eigenvalue weighted by Crippen LogP contribution is -2.51. The van der Waals surface area contributed by atoms with Gasteiger partial charge in [0.1, 0.15) is 6.04 Å². The average molecular weight is 333 g/mol. The highest BCUT2D eigenvalue weighted by Gasteiger charge is 2.31. The number of esters is 1. The van der Waals surface area contributed by atoms with Crippen molar-refractivity contribution < 1.29 is 19.1 Å². The number of amides is 2. The Morgan fingerprint density at radius 1 is 1.21 bits per heavy atom. The molecule has 0 spiro atoms. The van der Waals surface area contributed by atoms with Gasteiger partial charge < -0.3 is 20.3 Å². The van der Waals surface area contributed by atoms with Gasteiger partial charge in [-0.15, -0.1) is 0 Å². The standard InChI is InChI=1S/C17H23N3O4/c1-19(2)13-8-6-12(7-9-13)17(23)24-11-15(21)20-10-4-3-5-14(20)16(18)22/h6-9,14H,3-5,10-11H2,1-2H3,(H2,18,22)/t14-/m0/s1. The van der Waals surface area contributed by atoms with E-state index in [1.165, 1.54) is 4.90 Å². The number of anilines is 1. The summed E-state index contributed by atoms with van der Waals surface area (Å²) in [7, 11) is 3.81. The van der Waals surface area contributed by atoms with Crippen LogP contribution in [-0.4, -0.2) is 56.0 Å². The third-order valence-electron chi connectivity index (χ3n) is 4.10. The van der Waals surface area contributed by atoms with Crippen molar-refractivity contribution in [2.45, 2.75) is 25.3 Å². The summed E-state index contributed by atoms with van der Waals surface area (Å²) in [4.78, 5) is 39.0. The van der Waals surface area contributed by atoms with Crippen LogP contribution in [0.25, 0.3) is 0 Å². The number of hydrogen-bond acceptors (Lipinski definition) is 5.